The van der Waals surface area contributed by atoms with E-state index in [-0.39, 0.29) is 11.5 Å². The van der Waals surface area contributed by atoms with Crippen LogP contribution in [-0.4, -0.2) is 22.2 Å². The summed E-state index contributed by atoms with van der Waals surface area (Å²) in [5, 5.41) is 0. The molecule has 88 valence electrons. The predicted octanol–water partition coefficient (Wildman–Crippen LogP) is 3.87. The lowest BCUT2D eigenvalue weighted by atomic mass is 10.3. The largest absolute Gasteiger partial charge is 0.462 e. The molecule has 0 radical (unpaired) electrons. The van der Waals surface area contributed by atoms with Crippen LogP contribution in [0.5, 0.6) is 0 Å². The molecule has 0 aromatic heterocycles. The molecule has 0 saturated carbocycles. The van der Waals surface area contributed by atoms with Crippen LogP contribution in [0.1, 0.15) is 19.8 Å². The van der Waals surface area contributed by atoms with Crippen molar-refractivity contribution in [2.45, 2.75) is 23.6 Å². The van der Waals surface area contributed by atoms with Crippen molar-refractivity contribution in [2.24, 2.45) is 0 Å². The van der Waals surface area contributed by atoms with Gasteiger partial charge in [-0.15, -0.1) is 11.6 Å². The first-order valence-corrected chi connectivity index (χ1v) is 6.09. The number of hydrogen-bond donors (Lipinski definition) is 0. The van der Waals surface area contributed by atoms with Crippen molar-refractivity contribution in [3.8, 4) is 0 Å². The number of alkyl halides is 4. The second kappa shape index (κ2) is 7.61. The highest BCUT2D eigenvalue weighted by Gasteiger charge is 2.20. The van der Waals surface area contributed by atoms with E-state index in [0.29, 0.717) is 6.61 Å². The van der Waals surface area contributed by atoms with Gasteiger partial charge in [0.2, 0.25) is 3.79 Å². The molecule has 0 atom stereocenters. The summed E-state index contributed by atoms with van der Waals surface area (Å²) in [6.07, 6.45) is 2.91. The highest BCUT2D eigenvalue weighted by Crippen LogP contribution is 2.29. The first-order chi connectivity index (χ1) is 6.90. The van der Waals surface area contributed by atoms with E-state index in [0.717, 1.165) is 12.8 Å². The van der Waals surface area contributed by atoms with Crippen molar-refractivity contribution in [3.63, 3.8) is 0 Å². The Bertz CT molecular complexity index is 233. The van der Waals surface area contributed by atoms with Crippen molar-refractivity contribution < 1.29 is 9.53 Å². The van der Waals surface area contributed by atoms with E-state index in [1.807, 2.05) is 6.92 Å². The monoisotopic (exact) mass is 292 g/mol. The van der Waals surface area contributed by atoms with Gasteiger partial charge < -0.3 is 4.74 Å². The molecule has 0 bridgehead atoms. The van der Waals surface area contributed by atoms with Gasteiger partial charge in [0.05, 0.1) is 18.1 Å². The summed E-state index contributed by atoms with van der Waals surface area (Å²) in [4.78, 5) is 11.4. The molecule has 0 saturated heterocycles. The summed E-state index contributed by atoms with van der Waals surface area (Å²) in [6.45, 7) is 2.34. The molecule has 0 heterocycles. The minimum absolute atomic E-state index is 0.0428. The third-order valence-corrected chi connectivity index (χ3v) is 2.09. The minimum Gasteiger partial charge on any atom is -0.462 e. The fraction of sp³-hybridized carbons (Fsp3) is 0.667. The van der Waals surface area contributed by atoms with E-state index in [9.17, 15) is 4.79 Å². The molecular formula is C9H12Cl4O2. The van der Waals surface area contributed by atoms with Crippen LogP contribution in [0.25, 0.3) is 0 Å². The molecule has 0 N–H and O–H groups in total. The number of carbonyl (C=O) groups is 1. The van der Waals surface area contributed by atoms with Gasteiger partial charge in [0.1, 0.15) is 0 Å². The van der Waals surface area contributed by atoms with Crippen LogP contribution in [-0.2, 0) is 9.53 Å². The number of ether oxygens (including phenoxy) is 1. The molecule has 0 aromatic rings. The van der Waals surface area contributed by atoms with E-state index < -0.39 is 9.76 Å². The summed E-state index contributed by atoms with van der Waals surface area (Å²) in [6, 6.07) is 0. The van der Waals surface area contributed by atoms with Crippen molar-refractivity contribution in [1.29, 1.82) is 0 Å². The Morgan fingerprint density at radius 2 is 2.00 bits per heavy atom. The molecule has 2 nitrogen and oxygen atoms in total. The van der Waals surface area contributed by atoms with Crippen LogP contribution in [0.4, 0.5) is 0 Å². The van der Waals surface area contributed by atoms with Gasteiger partial charge in [-0.25, -0.2) is 4.79 Å². The second-order valence-electron chi connectivity index (χ2n) is 2.83. The molecule has 0 fully saturated rings. The third-order valence-electron chi connectivity index (χ3n) is 1.48. The zero-order chi connectivity index (χ0) is 11.9. The average Bonchev–Trinajstić information content (AvgIpc) is 2.13. The molecule has 0 amide bonds. The lowest BCUT2D eigenvalue weighted by Crippen LogP contribution is -2.13. The number of hydrogen-bond acceptors (Lipinski definition) is 2. The van der Waals surface area contributed by atoms with Crippen molar-refractivity contribution in [1.82, 2.24) is 0 Å². The molecule has 0 unspecified atom stereocenters. The summed E-state index contributed by atoms with van der Waals surface area (Å²) in [5.41, 5.74) is 0.160. The highest BCUT2D eigenvalue weighted by molar-refractivity contribution is 6.69. The van der Waals surface area contributed by atoms with Crippen LogP contribution < -0.4 is 0 Å². The second-order valence-corrected chi connectivity index (χ2v) is 5.47. The Kier molecular flexibility index (Phi) is 7.80. The molecule has 0 spiro atoms. The van der Waals surface area contributed by atoms with Gasteiger partial charge in [-0.1, -0.05) is 48.1 Å². The number of rotatable bonds is 5. The number of esters is 1. The quantitative estimate of drug-likeness (QED) is 0.333. The van der Waals surface area contributed by atoms with Gasteiger partial charge in [0.15, 0.2) is 0 Å². The first kappa shape index (κ1) is 15.4. The van der Waals surface area contributed by atoms with Gasteiger partial charge in [0.25, 0.3) is 0 Å². The van der Waals surface area contributed by atoms with Crippen LogP contribution >= 0.6 is 46.4 Å². The van der Waals surface area contributed by atoms with E-state index >= 15 is 0 Å². The zero-order valence-electron chi connectivity index (χ0n) is 8.23. The van der Waals surface area contributed by atoms with Crippen LogP contribution in [0, 0.1) is 0 Å². The fourth-order valence-electron chi connectivity index (χ4n) is 0.752. The van der Waals surface area contributed by atoms with Crippen molar-refractivity contribution in [3.05, 3.63) is 11.6 Å². The van der Waals surface area contributed by atoms with E-state index in [1.54, 1.807) is 0 Å². The topological polar surface area (TPSA) is 26.3 Å². The average molecular weight is 294 g/mol. The van der Waals surface area contributed by atoms with Crippen molar-refractivity contribution >= 4 is 52.4 Å². The van der Waals surface area contributed by atoms with Gasteiger partial charge >= 0.3 is 5.97 Å². The van der Waals surface area contributed by atoms with Gasteiger partial charge in [0, 0.05) is 0 Å². The summed E-state index contributed by atoms with van der Waals surface area (Å²) >= 11 is 22.0. The van der Waals surface area contributed by atoms with Crippen LogP contribution in [0.2, 0.25) is 0 Å². The highest BCUT2D eigenvalue weighted by atomic mass is 35.6. The van der Waals surface area contributed by atoms with Crippen LogP contribution in [0.15, 0.2) is 11.6 Å². The van der Waals surface area contributed by atoms with Gasteiger partial charge in [-0.2, -0.15) is 0 Å². The number of halogens is 4. The molecule has 0 aliphatic rings. The maximum atomic E-state index is 11.4. The standard InChI is InChI=1S/C9H12Cl4O2/c1-2-3-4-15-8(14)7(6-10)5-9(11,12)13/h5H,2-4,6H2,1H3/b7-5+. The maximum absolute atomic E-state index is 11.4. The third kappa shape index (κ3) is 8.21. The Hall–Kier alpha value is 0.370. The SMILES string of the molecule is CCCCOC(=O)/C(=C/C(Cl)(Cl)Cl)CCl. The molecule has 0 aromatic carbocycles. The number of unbranched alkanes of at least 4 members (excludes halogenated alkanes) is 1. The molecule has 15 heavy (non-hydrogen) atoms. The number of allylic oxidation sites excluding steroid dienone is 1. The van der Waals surface area contributed by atoms with E-state index in [2.05, 4.69) is 0 Å². The normalized spacial score (nSPS) is 12.7. The van der Waals surface area contributed by atoms with E-state index in [4.69, 9.17) is 51.1 Å². The summed E-state index contributed by atoms with van der Waals surface area (Å²) in [7, 11) is 0. The van der Waals surface area contributed by atoms with Crippen LogP contribution in [0.3, 0.4) is 0 Å². The number of carbonyl (C=O) groups excluding carboxylic acids is 1. The molecule has 0 rings (SSSR count). The Morgan fingerprint density at radius 1 is 1.40 bits per heavy atom. The molecule has 6 heteroatoms. The lowest BCUT2D eigenvalue weighted by Gasteiger charge is -2.09. The smallest absolute Gasteiger partial charge is 0.335 e. The van der Waals surface area contributed by atoms with E-state index in [1.165, 1.54) is 6.08 Å². The Labute approximate surface area is 109 Å². The summed E-state index contributed by atoms with van der Waals surface area (Å²) in [5.74, 6) is -0.580. The van der Waals surface area contributed by atoms with Gasteiger partial charge in [-0.3, -0.25) is 0 Å². The predicted molar refractivity (Wildman–Crippen MR) is 65.0 cm³/mol. The lowest BCUT2D eigenvalue weighted by molar-refractivity contribution is -0.139. The first-order valence-electron chi connectivity index (χ1n) is 4.42. The van der Waals surface area contributed by atoms with Gasteiger partial charge in [-0.05, 0) is 12.5 Å². The Morgan fingerprint density at radius 3 is 2.40 bits per heavy atom. The molecule has 0 aliphatic carbocycles. The molecular weight excluding hydrogens is 282 g/mol. The Balaban J connectivity index is 4.29. The molecule has 0 aliphatic heterocycles. The fourth-order valence-corrected chi connectivity index (χ4v) is 1.33. The maximum Gasteiger partial charge on any atom is 0.335 e. The zero-order valence-corrected chi connectivity index (χ0v) is 11.3. The minimum atomic E-state index is -1.63. The summed E-state index contributed by atoms with van der Waals surface area (Å²) < 4.78 is 3.28. The van der Waals surface area contributed by atoms with Crippen molar-refractivity contribution in [2.75, 3.05) is 12.5 Å².